The minimum absolute atomic E-state index is 0.517. The summed E-state index contributed by atoms with van der Waals surface area (Å²) in [5.74, 6) is 0.822. The van der Waals surface area contributed by atoms with E-state index in [2.05, 4.69) is 10.3 Å². The molecule has 0 bridgehead atoms. The second-order valence-corrected chi connectivity index (χ2v) is 3.15. The van der Waals surface area contributed by atoms with Crippen LogP contribution in [0.25, 0.3) is 10.8 Å². The number of rotatable bonds is 1. The maximum Gasteiger partial charge on any atom is 0.135 e. The number of benzene rings is 1. The van der Waals surface area contributed by atoms with Gasteiger partial charge in [-0.3, -0.25) is 0 Å². The summed E-state index contributed by atoms with van der Waals surface area (Å²) in [6.07, 6.45) is 0. The first-order valence-corrected chi connectivity index (χ1v) is 4.42. The summed E-state index contributed by atoms with van der Waals surface area (Å²) in [6, 6.07) is 9.86. The first kappa shape index (κ1) is 8.32. The van der Waals surface area contributed by atoms with Crippen molar-refractivity contribution in [3.8, 4) is 0 Å². The zero-order valence-corrected chi connectivity index (χ0v) is 7.97. The highest BCUT2D eigenvalue weighted by Crippen LogP contribution is 2.23. The quantitative estimate of drug-likeness (QED) is 0.703. The van der Waals surface area contributed by atoms with Gasteiger partial charge in [0.05, 0.1) is 0 Å². The lowest BCUT2D eigenvalue weighted by Crippen LogP contribution is -1.93. The van der Waals surface area contributed by atoms with Crippen LogP contribution in [0.15, 0.2) is 30.3 Å². The Hall–Kier alpha value is -1.28. The summed E-state index contributed by atoms with van der Waals surface area (Å²) in [5.41, 5.74) is 0. The molecule has 3 heteroatoms. The Balaban J connectivity index is 2.81. The monoisotopic (exact) mass is 192 g/mol. The minimum Gasteiger partial charge on any atom is -0.373 e. The van der Waals surface area contributed by atoms with Crippen molar-refractivity contribution in [3.05, 3.63) is 35.5 Å². The second kappa shape index (κ2) is 3.23. The Morgan fingerprint density at radius 1 is 1.31 bits per heavy atom. The van der Waals surface area contributed by atoms with E-state index in [9.17, 15) is 0 Å². The van der Waals surface area contributed by atoms with Crippen molar-refractivity contribution >= 4 is 28.2 Å². The third-order valence-electron chi connectivity index (χ3n) is 1.95. The lowest BCUT2D eigenvalue weighted by Gasteiger charge is -2.04. The van der Waals surface area contributed by atoms with Gasteiger partial charge < -0.3 is 5.32 Å². The molecular formula is C10H9ClN2. The Morgan fingerprint density at radius 2 is 2.08 bits per heavy atom. The largest absolute Gasteiger partial charge is 0.373 e. The molecule has 0 fully saturated rings. The van der Waals surface area contributed by atoms with Crippen molar-refractivity contribution in [1.82, 2.24) is 4.98 Å². The van der Waals surface area contributed by atoms with Crippen molar-refractivity contribution in [3.63, 3.8) is 0 Å². The van der Waals surface area contributed by atoms with Gasteiger partial charge in [0.25, 0.3) is 0 Å². The van der Waals surface area contributed by atoms with E-state index in [1.54, 1.807) is 0 Å². The summed E-state index contributed by atoms with van der Waals surface area (Å²) in [5, 5.41) is 5.73. The van der Waals surface area contributed by atoms with Gasteiger partial charge in [0.15, 0.2) is 0 Å². The predicted octanol–water partition coefficient (Wildman–Crippen LogP) is 2.93. The minimum atomic E-state index is 0.517. The molecule has 0 spiro atoms. The summed E-state index contributed by atoms with van der Waals surface area (Å²) in [4.78, 5) is 4.17. The molecule has 1 heterocycles. The molecule has 0 aliphatic rings. The van der Waals surface area contributed by atoms with Crippen molar-refractivity contribution in [2.75, 3.05) is 12.4 Å². The van der Waals surface area contributed by atoms with E-state index in [1.807, 2.05) is 37.4 Å². The lowest BCUT2D eigenvalue weighted by atomic mass is 10.1. The van der Waals surface area contributed by atoms with Crippen molar-refractivity contribution in [2.45, 2.75) is 0 Å². The van der Waals surface area contributed by atoms with Crippen LogP contribution in [0.5, 0.6) is 0 Å². The molecular weight excluding hydrogens is 184 g/mol. The van der Waals surface area contributed by atoms with Crippen LogP contribution in [0.4, 0.5) is 5.82 Å². The molecule has 2 aromatic rings. The Morgan fingerprint density at radius 3 is 2.85 bits per heavy atom. The van der Waals surface area contributed by atoms with E-state index in [1.165, 1.54) is 0 Å². The summed E-state index contributed by atoms with van der Waals surface area (Å²) in [6.45, 7) is 0. The van der Waals surface area contributed by atoms with E-state index < -0.39 is 0 Å². The Labute approximate surface area is 81.6 Å². The fourth-order valence-electron chi connectivity index (χ4n) is 1.36. The Bertz CT molecular complexity index is 440. The molecule has 0 saturated heterocycles. The standard InChI is InChI=1S/C10H9ClN2/c1-12-10-8-5-3-2-4-7(8)6-9(11)13-10/h2-6H,1H3,(H,12,13). The predicted molar refractivity (Wildman–Crippen MR) is 56.3 cm³/mol. The molecule has 0 saturated carbocycles. The van der Waals surface area contributed by atoms with E-state index in [4.69, 9.17) is 11.6 Å². The van der Waals surface area contributed by atoms with Crippen LogP contribution in [-0.2, 0) is 0 Å². The fraction of sp³-hybridized carbons (Fsp3) is 0.100. The van der Waals surface area contributed by atoms with Crippen LogP contribution < -0.4 is 5.32 Å². The first-order valence-electron chi connectivity index (χ1n) is 4.04. The number of hydrogen-bond donors (Lipinski definition) is 1. The van der Waals surface area contributed by atoms with Crippen molar-refractivity contribution in [1.29, 1.82) is 0 Å². The molecule has 0 radical (unpaired) electrons. The number of pyridine rings is 1. The van der Waals surface area contributed by atoms with Crippen LogP contribution in [0.3, 0.4) is 0 Å². The van der Waals surface area contributed by atoms with Gasteiger partial charge in [-0.1, -0.05) is 35.9 Å². The van der Waals surface area contributed by atoms with Crippen LogP contribution in [0, 0.1) is 0 Å². The van der Waals surface area contributed by atoms with Gasteiger partial charge in [-0.2, -0.15) is 0 Å². The van der Waals surface area contributed by atoms with Crippen LogP contribution in [0.1, 0.15) is 0 Å². The summed E-state index contributed by atoms with van der Waals surface area (Å²) in [7, 11) is 1.84. The molecule has 1 aromatic heterocycles. The highest BCUT2D eigenvalue weighted by molar-refractivity contribution is 6.30. The average molecular weight is 193 g/mol. The first-order chi connectivity index (χ1) is 6.31. The van der Waals surface area contributed by atoms with Gasteiger partial charge in [-0.15, -0.1) is 0 Å². The summed E-state index contributed by atoms with van der Waals surface area (Å²) < 4.78 is 0. The fourth-order valence-corrected chi connectivity index (χ4v) is 1.56. The second-order valence-electron chi connectivity index (χ2n) is 2.76. The number of hydrogen-bond acceptors (Lipinski definition) is 2. The third kappa shape index (κ3) is 1.45. The van der Waals surface area contributed by atoms with Crippen molar-refractivity contribution in [2.24, 2.45) is 0 Å². The lowest BCUT2D eigenvalue weighted by molar-refractivity contribution is 1.32. The van der Waals surface area contributed by atoms with Gasteiger partial charge in [-0.25, -0.2) is 4.98 Å². The number of nitrogens with zero attached hydrogens (tertiary/aromatic N) is 1. The molecule has 1 aromatic carbocycles. The molecule has 13 heavy (non-hydrogen) atoms. The van der Waals surface area contributed by atoms with Gasteiger partial charge >= 0.3 is 0 Å². The average Bonchev–Trinajstić information content (AvgIpc) is 2.16. The molecule has 2 rings (SSSR count). The molecule has 0 unspecified atom stereocenters. The molecule has 0 amide bonds. The smallest absolute Gasteiger partial charge is 0.135 e. The topological polar surface area (TPSA) is 24.9 Å². The highest BCUT2D eigenvalue weighted by atomic mass is 35.5. The number of nitrogens with one attached hydrogen (secondary N) is 1. The van der Waals surface area contributed by atoms with Gasteiger partial charge in [-0.05, 0) is 11.5 Å². The molecule has 2 nitrogen and oxygen atoms in total. The maximum atomic E-state index is 5.85. The summed E-state index contributed by atoms with van der Waals surface area (Å²) >= 11 is 5.85. The van der Waals surface area contributed by atoms with E-state index in [-0.39, 0.29) is 0 Å². The SMILES string of the molecule is CNc1nc(Cl)cc2ccccc12. The van der Waals surface area contributed by atoms with Gasteiger partial charge in [0.1, 0.15) is 11.0 Å². The van der Waals surface area contributed by atoms with Crippen molar-refractivity contribution < 1.29 is 0 Å². The molecule has 66 valence electrons. The number of aromatic nitrogens is 1. The molecule has 1 N–H and O–H groups in total. The maximum absolute atomic E-state index is 5.85. The number of halogens is 1. The van der Waals surface area contributed by atoms with E-state index >= 15 is 0 Å². The van der Waals surface area contributed by atoms with Gasteiger partial charge in [0, 0.05) is 12.4 Å². The zero-order chi connectivity index (χ0) is 9.26. The van der Waals surface area contributed by atoms with Crippen LogP contribution in [0.2, 0.25) is 5.15 Å². The zero-order valence-electron chi connectivity index (χ0n) is 7.21. The molecule has 0 aliphatic carbocycles. The number of anilines is 1. The molecule has 0 aliphatic heterocycles. The highest BCUT2D eigenvalue weighted by Gasteiger charge is 2.01. The molecule has 0 atom stereocenters. The van der Waals surface area contributed by atoms with E-state index in [0.29, 0.717) is 5.15 Å². The van der Waals surface area contributed by atoms with Gasteiger partial charge in [0.2, 0.25) is 0 Å². The normalized spacial score (nSPS) is 10.3. The van der Waals surface area contributed by atoms with E-state index in [0.717, 1.165) is 16.6 Å². The Kier molecular flexibility index (Phi) is 2.07. The van der Waals surface area contributed by atoms with Crippen LogP contribution in [-0.4, -0.2) is 12.0 Å². The third-order valence-corrected chi connectivity index (χ3v) is 2.14. The number of fused-ring (bicyclic) bond motifs is 1. The van der Waals surface area contributed by atoms with Crippen LogP contribution >= 0.6 is 11.6 Å².